The number of ether oxygens (including phenoxy) is 1. The fourth-order valence-electron chi connectivity index (χ4n) is 2.34. The van der Waals surface area contributed by atoms with Gasteiger partial charge in [-0.1, -0.05) is 30.8 Å². The number of fused-ring (bicyclic) bond motifs is 1. The van der Waals surface area contributed by atoms with E-state index in [0.717, 1.165) is 33.8 Å². The zero-order valence-electron chi connectivity index (χ0n) is 11.6. The second kappa shape index (κ2) is 4.85. The molecule has 2 aromatic carbocycles. The Morgan fingerprint density at radius 2 is 1.65 bits per heavy atom. The van der Waals surface area contributed by atoms with Crippen molar-refractivity contribution in [3.05, 3.63) is 71.8 Å². The number of methoxy groups -OCH3 is 1. The molecule has 0 radical (unpaired) electrons. The van der Waals surface area contributed by atoms with Crippen LogP contribution < -0.4 is 4.74 Å². The number of nitrogens with zero attached hydrogens (tertiary/aromatic N) is 2. The van der Waals surface area contributed by atoms with Gasteiger partial charge in [-0.15, -0.1) is 0 Å². The van der Waals surface area contributed by atoms with Crippen molar-refractivity contribution in [1.29, 1.82) is 0 Å². The first kappa shape index (κ1) is 12.5. The van der Waals surface area contributed by atoms with Crippen LogP contribution in [0.1, 0.15) is 16.7 Å². The van der Waals surface area contributed by atoms with Crippen LogP contribution in [-0.4, -0.2) is 24.9 Å². The van der Waals surface area contributed by atoms with Gasteiger partial charge in [0.05, 0.1) is 18.5 Å². The van der Waals surface area contributed by atoms with Gasteiger partial charge in [0.15, 0.2) is 0 Å². The van der Waals surface area contributed by atoms with Gasteiger partial charge in [0.2, 0.25) is 0 Å². The van der Waals surface area contributed by atoms with Gasteiger partial charge >= 0.3 is 0 Å². The van der Waals surface area contributed by atoms with Crippen LogP contribution in [0.15, 0.2) is 60.2 Å². The summed E-state index contributed by atoms with van der Waals surface area (Å²) in [5.41, 5.74) is 5.17. The molecule has 0 aliphatic carbocycles. The molecule has 0 N–H and O–H groups in total. The molecular weight excluding hydrogens is 248 g/mol. The van der Waals surface area contributed by atoms with E-state index in [1.165, 1.54) is 0 Å². The van der Waals surface area contributed by atoms with Crippen molar-refractivity contribution in [1.82, 2.24) is 5.01 Å². The predicted molar refractivity (Wildman–Crippen MR) is 81.9 cm³/mol. The summed E-state index contributed by atoms with van der Waals surface area (Å²) in [4.78, 5) is 0. The molecule has 0 saturated heterocycles. The van der Waals surface area contributed by atoms with Crippen LogP contribution in [-0.2, 0) is 0 Å². The summed E-state index contributed by atoms with van der Waals surface area (Å²) >= 11 is 0. The third-order valence-corrected chi connectivity index (χ3v) is 3.50. The maximum absolute atomic E-state index is 5.20. The molecule has 0 spiro atoms. The highest BCUT2D eigenvalue weighted by atomic mass is 16.5. The number of hydrazone groups is 1. The molecule has 3 nitrogen and oxygen atoms in total. The molecule has 0 bridgehead atoms. The summed E-state index contributed by atoms with van der Waals surface area (Å²) in [6.07, 6.45) is 0. The fraction of sp³-hybridized carbons (Fsp3) is 0.118. The largest absolute Gasteiger partial charge is 0.497 e. The van der Waals surface area contributed by atoms with E-state index in [2.05, 4.69) is 23.8 Å². The quantitative estimate of drug-likeness (QED) is 0.830. The van der Waals surface area contributed by atoms with E-state index in [9.17, 15) is 0 Å². The van der Waals surface area contributed by atoms with E-state index in [0.29, 0.717) is 0 Å². The first-order chi connectivity index (χ1) is 9.70. The van der Waals surface area contributed by atoms with E-state index < -0.39 is 0 Å². The predicted octanol–water partition coefficient (Wildman–Crippen LogP) is 3.36. The second-order valence-electron chi connectivity index (χ2n) is 4.69. The first-order valence-corrected chi connectivity index (χ1v) is 6.46. The summed E-state index contributed by atoms with van der Waals surface area (Å²) in [6.45, 7) is 4.09. The Morgan fingerprint density at radius 1 is 1.00 bits per heavy atom. The average Bonchev–Trinajstić information content (AvgIpc) is 2.51. The van der Waals surface area contributed by atoms with Crippen LogP contribution in [0.2, 0.25) is 0 Å². The van der Waals surface area contributed by atoms with Crippen molar-refractivity contribution in [3.63, 3.8) is 0 Å². The molecule has 100 valence electrons. The van der Waals surface area contributed by atoms with E-state index >= 15 is 0 Å². The van der Waals surface area contributed by atoms with Crippen molar-refractivity contribution in [2.24, 2.45) is 5.10 Å². The molecule has 0 saturated carbocycles. The highest BCUT2D eigenvalue weighted by Crippen LogP contribution is 2.29. The number of hydrogen-bond donors (Lipinski definition) is 0. The summed E-state index contributed by atoms with van der Waals surface area (Å²) < 4.78 is 5.20. The Hall–Kier alpha value is -2.55. The summed E-state index contributed by atoms with van der Waals surface area (Å²) in [7, 11) is 3.59. The summed E-state index contributed by atoms with van der Waals surface area (Å²) in [6, 6.07) is 16.1. The van der Waals surface area contributed by atoms with Crippen molar-refractivity contribution in [3.8, 4) is 5.75 Å². The molecule has 1 aliphatic rings. The molecular formula is C17H16N2O. The molecule has 1 aliphatic heterocycles. The zero-order valence-corrected chi connectivity index (χ0v) is 11.6. The maximum Gasteiger partial charge on any atom is 0.118 e. The van der Waals surface area contributed by atoms with Gasteiger partial charge in [-0.25, -0.2) is 0 Å². The molecule has 3 rings (SSSR count). The van der Waals surface area contributed by atoms with Gasteiger partial charge in [-0.3, -0.25) is 5.01 Å². The second-order valence-corrected chi connectivity index (χ2v) is 4.69. The Kier molecular flexibility index (Phi) is 3.03. The molecule has 0 unspecified atom stereocenters. The third kappa shape index (κ3) is 1.97. The first-order valence-electron chi connectivity index (χ1n) is 6.46. The normalized spacial score (nSPS) is 13.8. The SMILES string of the molecule is C=C1c2ccccc2C(c2ccc(OC)cc2)=NN1C. The van der Waals surface area contributed by atoms with E-state index in [1.54, 1.807) is 7.11 Å². The summed E-state index contributed by atoms with van der Waals surface area (Å²) in [5.74, 6) is 0.844. The molecule has 0 aromatic heterocycles. The van der Waals surface area contributed by atoms with Crippen molar-refractivity contribution >= 4 is 11.4 Å². The van der Waals surface area contributed by atoms with Gasteiger partial charge in [0.25, 0.3) is 0 Å². The highest BCUT2D eigenvalue weighted by molar-refractivity contribution is 6.16. The van der Waals surface area contributed by atoms with Gasteiger partial charge < -0.3 is 4.74 Å². The Labute approximate surface area is 118 Å². The van der Waals surface area contributed by atoms with Crippen LogP contribution in [0.25, 0.3) is 5.70 Å². The number of rotatable bonds is 2. The van der Waals surface area contributed by atoms with Crippen LogP contribution in [0, 0.1) is 0 Å². The summed E-state index contributed by atoms with van der Waals surface area (Å²) in [5, 5.41) is 6.46. The monoisotopic (exact) mass is 264 g/mol. The fourth-order valence-corrected chi connectivity index (χ4v) is 2.34. The lowest BCUT2D eigenvalue weighted by atomic mass is 9.95. The van der Waals surface area contributed by atoms with Crippen LogP contribution in [0.3, 0.4) is 0 Å². The van der Waals surface area contributed by atoms with Crippen molar-refractivity contribution in [2.45, 2.75) is 0 Å². The van der Waals surface area contributed by atoms with Crippen molar-refractivity contribution in [2.75, 3.05) is 14.2 Å². The lowest BCUT2D eigenvalue weighted by Gasteiger charge is -2.26. The maximum atomic E-state index is 5.20. The topological polar surface area (TPSA) is 24.8 Å². The number of benzene rings is 2. The highest BCUT2D eigenvalue weighted by Gasteiger charge is 2.20. The van der Waals surface area contributed by atoms with E-state index in [1.807, 2.05) is 48.5 Å². The molecule has 3 heteroatoms. The smallest absolute Gasteiger partial charge is 0.118 e. The minimum absolute atomic E-state index is 0.844. The zero-order chi connectivity index (χ0) is 14.1. The van der Waals surface area contributed by atoms with E-state index in [4.69, 9.17) is 4.74 Å². The standard InChI is InChI=1S/C17H16N2O/c1-12-15-6-4-5-7-16(15)17(18-19(12)2)13-8-10-14(20-3)11-9-13/h4-11H,1H2,2-3H3. The Bertz CT molecular complexity index is 686. The van der Waals surface area contributed by atoms with Crippen LogP contribution in [0.5, 0.6) is 5.75 Å². The lowest BCUT2D eigenvalue weighted by molar-refractivity contribution is 0.415. The average molecular weight is 264 g/mol. The Morgan fingerprint density at radius 3 is 2.30 bits per heavy atom. The van der Waals surface area contributed by atoms with Gasteiger partial charge in [0, 0.05) is 23.7 Å². The molecule has 1 heterocycles. The van der Waals surface area contributed by atoms with Crippen LogP contribution >= 0.6 is 0 Å². The van der Waals surface area contributed by atoms with Crippen LogP contribution in [0.4, 0.5) is 0 Å². The van der Waals surface area contributed by atoms with Gasteiger partial charge in [-0.05, 0) is 24.3 Å². The minimum Gasteiger partial charge on any atom is -0.497 e. The minimum atomic E-state index is 0.844. The molecule has 2 aromatic rings. The number of hydrogen-bond acceptors (Lipinski definition) is 3. The molecule has 0 amide bonds. The Balaban J connectivity index is 2.12. The molecule has 0 fully saturated rings. The molecule has 0 atom stereocenters. The van der Waals surface area contributed by atoms with Gasteiger partial charge in [-0.2, -0.15) is 5.10 Å². The van der Waals surface area contributed by atoms with E-state index in [-0.39, 0.29) is 0 Å². The van der Waals surface area contributed by atoms with Crippen molar-refractivity contribution < 1.29 is 4.74 Å². The third-order valence-electron chi connectivity index (χ3n) is 3.50. The lowest BCUT2D eigenvalue weighted by Crippen LogP contribution is -2.21. The molecule has 20 heavy (non-hydrogen) atoms. The van der Waals surface area contributed by atoms with Gasteiger partial charge in [0.1, 0.15) is 5.75 Å².